The van der Waals surface area contributed by atoms with Gasteiger partial charge in [0.25, 0.3) is 5.91 Å². The van der Waals surface area contributed by atoms with Gasteiger partial charge in [0.2, 0.25) is 0 Å². The maximum atomic E-state index is 11.8. The van der Waals surface area contributed by atoms with Gasteiger partial charge < -0.3 is 4.74 Å². The standard InChI is InChI=1S/C18H22N2O2/c1-13(2)11-14(3)19-20-18(21)12-22-17-10-6-8-15-7-4-5-9-16(15)17/h4-10,13H,11-12H2,1-3H3,(H,20,21). The van der Waals surface area contributed by atoms with Gasteiger partial charge in [-0.05, 0) is 30.7 Å². The van der Waals surface area contributed by atoms with Crippen LogP contribution in [0.2, 0.25) is 0 Å². The zero-order valence-corrected chi connectivity index (χ0v) is 13.3. The van der Waals surface area contributed by atoms with Gasteiger partial charge in [0.1, 0.15) is 5.75 Å². The number of rotatable bonds is 6. The van der Waals surface area contributed by atoms with Gasteiger partial charge in [-0.2, -0.15) is 5.10 Å². The molecule has 0 atom stereocenters. The number of carbonyl (C=O) groups excluding carboxylic acids is 1. The minimum absolute atomic E-state index is 0.0491. The van der Waals surface area contributed by atoms with Crippen molar-refractivity contribution < 1.29 is 9.53 Å². The molecule has 2 aromatic carbocycles. The molecule has 0 saturated carbocycles. The van der Waals surface area contributed by atoms with E-state index >= 15 is 0 Å². The van der Waals surface area contributed by atoms with Crippen LogP contribution in [0.5, 0.6) is 5.75 Å². The normalized spacial score (nSPS) is 11.7. The van der Waals surface area contributed by atoms with Crippen molar-refractivity contribution in [2.75, 3.05) is 6.61 Å². The van der Waals surface area contributed by atoms with Gasteiger partial charge in [0, 0.05) is 11.1 Å². The van der Waals surface area contributed by atoms with Gasteiger partial charge in [-0.3, -0.25) is 4.79 Å². The minimum atomic E-state index is -0.254. The van der Waals surface area contributed by atoms with Gasteiger partial charge in [0.05, 0.1) is 0 Å². The van der Waals surface area contributed by atoms with Crippen molar-refractivity contribution in [3.63, 3.8) is 0 Å². The predicted octanol–water partition coefficient (Wildman–Crippen LogP) is 3.76. The predicted molar refractivity (Wildman–Crippen MR) is 90.1 cm³/mol. The van der Waals surface area contributed by atoms with Crippen molar-refractivity contribution in [1.82, 2.24) is 5.43 Å². The highest BCUT2D eigenvalue weighted by Crippen LogP contribution is 2.24. The smallest absolute Gasteiger partial charge is 0.277 e. The molecule has 116 valence electrons. The van der Waals surface area contributed by atoms with Crippen molar-refractivity contribution in [3.05, 3.63) is 42.5 Å². The first kappa shape index (κ1) is 16.0. The number of hydrogen-bond donors (Lipinski definition) is 1. The van der Waals surface area contributed by atoms with E-state index in [0.29, 0.717) is 11.7 Å². The third-order valence-electron chi connectivity index (χ3n) is 3.18. The second-order valence-corrected chi connectivity index (χ2v) is 5.75. The Morgan fingerprint density at radius 2 is 1.91 bits per heavy atom. The number of carbonyl (C=O) groups is 1. The Morgan fingerprint density at radius 3 is 2.68 bits per heavy atom. The summed E-state index contributed by atoms with van der Waals surface area (Å²) < 4.78 is 5.61. The van der Waals surface area contributed by atoms with Crippen LogP contribution in [0, 0.1) is 5.92 Å². The van der Waals surface area contributed by atoms with E-state index in [9.17, 15) is 4.79 Å². The molecule has 1 amide bonds. The van der Waals surface area contributed by atoms with Gasteiger partial charge in [-0.1, -0.05) is 50.2 Å². The zero-order valence-electron chi connectivity index (χ0n) is 13.3. The van der Waals surface area contributed by atoms with E-state index in [2.05, 4.69) is 24.4 Å². The monoisotopic (exact) mass is 298 g/mol. The lowest BCUT2D eigenvalue weighted by Gasteiger charge is -2.09. The SMILES string of the molecule is CC(CC(C)C)=NNC(=O)COc1cccc2ccccc12. The van der Waals surface area contributed by atoms with Crippen LogP contribution < -0.4 is 10.2 Å². The molecule has 0 aliphatic heterocycles. The van der Waals surface area contributed by atoms with Crippen molar-refractivity contribution in [2.45, 2.75) is 27.2 Å². The number of ether oxygens (including phenoxy) is 1. The number of nitrogens with zero attached hydrogens (tertiary/aromatic N) is 1. The maximum absolute atomic E-state index is 11.8. The molecular formula is C18H22N2O2. The molecule has 4 nitrogen and oxygen atoms in total. The Bertz CT molecular complexity index is 672. The summed E-state index contributed by atoms with van der Waals surface area (Å²) in [5, 5.41) is 6.16. The molecule has 0 aromatic heterocycles. The number of benzene rings is 2. The fraction of sp³-hybridized carbons (Fsp3) is 0.333. The Labute approximate surface area is 131 Å². The second kappa shape index (κ2) is 7.59. The van der Waals surface area contributed by atoms with E-state index in [0.717, 1.165) is 22.9 Å². The molecule has 0 unspecified atom stereocenters. The quantitative estimate of drug-likeness (QED) is 0.652. The largest absolute Gasteiger partial charge is 0.483 e. The fourth-order valence-corrected chi connectivity index (χ4v) is 2.29. The molecule has 4 heteroatoms. The summed E-state index contributed by atoms with van der Waals surface area (Å²) in [6, 6.07) is 13.7. The number of amides is 1. The van der Waals surface area contributed by atoms with Crippen LogP contribution in [0.4, 0.5) is 0 Å². The number of nitrogens with one attached hydrogen (secondary N) is 1. The molecule has 0 radical (unpaired) electrons. The molecule has 0 aliphatic rings. The zero-order chi connectivity index (χ0) is 15.9. The molecule has 1 N–H and O–H groups in total. The average molecular weight is 298 g/mol. The van der Waals surface area contributed by atoms with Crippen molar-refractivity contribution >= 4 is 22.4 Å². The van der Waals surface area contributed by atoms with E-state index in [1.165, 1.54) is 0 Å². The lowest BCUT2D eigenvalue weighted by atomic mass is 10.1. The van der Waals surface area contributed by atoms with Gasteiger partial charge in [-0.15, -0.1) is 0 Å². The Balaban J connectivity index is 1.93. The van der Waals surface area contributed by atoms with E-state index in [1.807, 2.05) is 49.4 Å². The molecule has 0 heterocycles. The molecular weight excluding hydrogens is 276 g/mol. The molecule has 0 spiro atoms. The van der Waals surface area contributed by atoms with Crippen LogP contribution >= 0.6 is 0 Å². The Morgan fingerprint density at radius 1 is 1.18 bits per heavy atom. The first-order chi connectivity index (χ1) is 10.6. The summed E-state index contributed by atoms with van der Waals surface area (Å²) in [6.45, 7) is 6.09. The summed E-state index contributed by atoms with van der Waals surface area (Å²) in [6.07, 6.45) is 0.866. The minimum Gasteiger partial charge on any atom is -0.483 e. The van der Waals surface area contributed by atoms with Crippen molar-refractivity contribution in [2.24, 2.45) is 11.0 Å². The van der Waals surface area contributed by atoms with Crippen LogP contribution in [0.1, 0.15) is 27.2 Å². The highest BCUT2D eigenvalue weighted by Gasteiger charge is 2.05. The van der Waals surface area contributed by atoms with Crippen LogP contribution in [-0.4, -0.2) is 18.2 Å². The van der Waals surface area contributed by atoms with Gasteiger partial charge in [0.15, 0.2) is 6.61 Å². The fourth-order valence-electron chi connectivity index (χ4n) is 2.29. The summed E-state index contributed by atoms with van der Waals surface area (Å²) in [5.74, 6) is 0.972. The van der Waals surface area contributed by atoms with E-state index in [4.69, 9.17) is 4.74 Å². The highest BCUT2D eigenvalue weighted by molar-refractivity contribution is 5.89. The number of fused-ring (bicyclic) bond motifs is 1. The molecule has 22 heavy (non-hydrogen) atoms. The number of hydrazone groups is 1. The summed E-state index contributed by atoms with van der Waals surface area (Å²) >= 11 is 0. The first-order valence-corrected chi connectivity index (χ1v) is 7.49. The van der Waals surface area contributed by atoms with Crippen LogP contribution in [-0.2, 0) is 4.79 Å². The number of hydrogen-bond acceptors (Lipinski definition) is 3. The van der Waals surface area contributed by atoms with E-state index < -0.39 is 0 Å². The van der Waals surface area contributed by atoms with E-state index in [-0.39, 0.29) is 12.5 Å². The van der Waals surface area contributed by atoms with Crippen LogP contribution in [0.3, 0.4) is 0 Å². The van der Waals surface area contributed by atoms with Crippen LogP contribution in [0.15, 0.2) is 47.6 Å². The topological polar surface area (TPSA) is 50.7 Å². The highest BCUT2D eigenvalue weighted by atomic mass is 16.5. The lowest BCUT2D eigenvalue weighted by molar-refractivity contribution is -0.123. The summed E-state index contributed by atoms with van der Waals surface area (Å²) in [5.41, 5.74) is 3.44. The van der Waals surface area contributed by atoms with Crippen molar-refractivity contribution in [1.29, 1.82) is 0 Å². The molecule has 2 aromatic rings. The molecule has 0 bridgehead atoms. The second-order valence-electron chi connectivity index (χ2n) is 5.75. The summed E-state index contributed by atoms with van der Waals surface area (Å²) in [4.78, 5) is 11.8. The molecule has 2 rings (SSSR count). The lowest BCUT2D eigenvalue weighted by Crippen LogP contribution is -2.25. The Hall–Kier alpha value is -2.36. The third-order valence-corrected chi connectivity index (χ3v) is 3.18. The van der Waals surface area contributed by atoms with E-state index in [1.54, 1.807) is 0 Å². The van der Waals surface area contributed by atoms with Gasteiger partial charge in [-0.25, -0.2) is 5.43 Å². The molecule has 0 saturated heterocycles. The third kappa shape index (κ3) is 4.58. The van der Waals surface area contributed by atoms with Crippen LogP contribution in [0.25, 0.3) is 10.8 Å². The first-order valence-electron chi connectivity index (χ1n) is 7.49. The van der Waals surface area contributed by atoms with Crippen molar-refractivity contribution in [3.8, 4) is 5.75 Å². The molecule has 0 fully saturated rings. The maximum Gasteiger partial charge on any atom is 0.277 e. The summed E-state index contributed by atoms with van der Waals surface area (Å²) in [7, 11) is 0. The Kier molecular flexibility index (Phi) is 5.53. The average Bonchev–Trinajstić information content (AvgIpc) is 2.50. The molecule has 0 aliphatic carbocycles. The van der Waals surface area contributed by atoms with Gasteiger partial charge >= 0.3 is 0 Å².